The minimum absolute atomic E-state index is 0.0410. The molecule has 148 valence electrons. The minimum Gasteiger partial charge on any atom is -0.465 e. The molecule has 0 bridgehead atoms. The highest BCUT2D eigenvalue weighted by atomic mass is 19.4. The number of anilines is 1. The summed E-state index contributed by atoms with van der Waals surface area (Å²) in [5.41, 5.74) is 2.19. The van der Waals surface area contributed by atoms with Crippen LogP contribution in [-0.2, 0) is 10.9 Å². The summed E-state index contributed by atoms with van der Waals surface area (Å²) in [4.78, 5) is 19.3. The SMILES string of the molecule is COC(=O)c1ccc([C@H]2C=C(c3cccnc3)Nc3nc(C(F)(F)F)nn32)cc1. The van der Waals surface area contributed by atoms with Crippen LogP contribution in [-0.4, -0.2) is 32.8 Å². The van der Waals surface area contributed by atoms with E-state index in [0.717, 1.165) is 4.68 Å². The van der Waals surface area contributed by atoms with Crippen molar-refractivity contribution in [2.45, 2.75) is 12.2 Å². The molecule has 4 rings (SSSR count). The molecule has 1 aliphatic heterocycles. The number of hydrogen-bond acceptors (Lipinski definition) is 6. The van der Waals surface area contributed by atoms with E-state index in [4.69, 9.17) is 0 Å². The zero-order chi connectivity index (χ0) is 20.6. The van der Waals surface area contributed by atoms with Crippen molar-refractivity contribution in [2.24, 2.45) is 0 Å². The van der Waals surface area contributed by atoms with Crippen LogP contribution in [0.2, 0.25) is 0 Å². The molecule has 3 heterocycles. The number of methoxy groups -OCH3 is 1. The molecule has 0 fully saturated rings. The summed E-state index contributed by atoms with van der Waals surface area (Å²) < 4.78 is 45.3. The zero-order valence-corrected chi connectivity index (χ0v) is 15.0. The normalized spacial score (nSPS) is 15.9. The van der Waals surface area contributed by atoms with Crippen LogP contribution in [0.1, 0.15) is 33.4 Å². The van der Waals surface area contributed by atoms with Crippen molar-refractivity contribution in [3.8, 4) is 0 Å². The highest BCUT2D eigenvalue weighted by molar-refractivity contribution is 5.89. The van der Waals surface area contributed by atoms with Crippen molar-refractivity contribution in [1.29, 1.82) is 0 Å². The lowest BCUT2D eigenvalue weighted by Gasteiger charge is -2.24. The first-order valence-corrected chi connectivity index (χ1v) is 8.48. The molecule has 2 aromatic heterocycles. The van der Waals surface area contributed by atoms with Gasteiger partial charge >= 0.3 is 12.1 Å². The molecule has 3 aromatic rings. The molecular formula is C19H14F3N5O2. The maximum atomic E-state index is 13.2. The van der Waals surface area contributed by atoms with Gasteiger partial charge in [0.2, 0.25) is 5.95 Å². The lowest BCUT2D eigenvalue weighted by molar-refractivity contribution is -0.145. The van der Waals surface area contributed by atoms with Gasteiger partial charge in [0, 0.05) is 23.7 Å². The maximum Gasteiger partial charge on any atom is 0.453 e. The fourth-order valence-corrected chi connectivity index (χ4v) is 2.98. The number of esters is 1. The Morgan fingerprint density at radius 1 is 1.21 bits per heavy atom. The van der Waals surface area contributed by atoms with Crippen molar-refractivity contribution >= 4 is 17.6 Å². The van der Waals surface area contributed by atoms with E-state index >= 15 is 0 Å². The van der Waals surface area contributed by atoms with E-state index in [-0.39, 0.29) is 5.95 Å². The average Bonchev–Trinajstić information content (AvgIpc) is 3.18. The Morgan fingerprint density at radius 3 is 2.59 bits per heavy atom. The van der Waals surface area contributed by atoms with E-state index in [1.807, 2.05) is 0 Å². The van der Waals surface area contributed by atoms with Crippen LogP contribution in [0.15, 0.2) is 54.9 Å². The molecule has 1 aliphatic rings. The van der Waals surface area contributed by atoms with Crippen LogP contribution in [0.4, 0.5) is 19.1 Å². The number of ether oxygens (including phenoxy) is 1. The minimum atomic E-state index is -4.68. The molecule has 1 aromatic carbocycles. The van der Waals surface area contributed by atoms with E-state index < -0.39 is 24.0 Å². The van der Waals surface area contributed by atoms with Gasteiger partial charge in [0.25, 0.3) is 5.82 Å². The molecular weight excluding hydrogens is 387 g/mol. The molecule has 0 amide bonds. The lowest BCUT2D eigenvalue weighted by atomic mass is 10.0. The molecule has 0 unspecified atom stereocenters. The second-order valence-corrected chi connectivity index (χ2v) is 6.21. The first-order valence-electron chi connectivity index (χ1n) is 8.48. The molecule has 29 heavy (non-hydrogen) atoms. The van der Waals surface area contributed by atoms with Crippen LogP contribution in [0.25, 0.3) is 5.70 Å². The van der Waals surface area contributed by atoms with Gasteiger partial charge < -0.3 is 10.1 Å². The highest BCUT2D eigenvalue weighted by Crippen LogP contribution is 2.35. The first-order chi connectivity index (χ1) is 13.9. The van der Waals surface area contributed by atoms with Gasteiger partial charge in [-0.3, -0.25) is 4.98 Å². The fraction of sp³-hybridized carbons (Fsp3) is 0.158. The number of carbonyl (C=O) groups is 1. The van der Waals surface area contributed by atoms with Crippen molar-refractivity contribution in [2.75, 3.05) is 12.4 Å². The maximum absolute atomic E-state index is 13.2. The van der Waals surface area contributed by atoms with Gasteiger partial charge in [-0.25, -0.2) is 9.48 Å². The number of hydrogen-bond donors (Lipinski definition) is 1. The lowest BCUT2D eigenvalue weighted by Crippen LogP contribution is -2.20. The van der Waals surface area contributed by atoms with Gasteiger partial charge in [0.15, 0.2) is 0 Å². The number of nitrogens with one attached hydrogen (secondary N) is 1. The summed E-state index contributed by atoms with van der Waals surface area (Å²) in [5.74, 6) is -1.79. The number of pyridine rings is 1. The predicted molar refractivity (Wildman–Crippen MR) is 96.8 cm³/mol. The first kappa shape index (κ1) is 18.7. The summed E-state index contributed by atoms with van der Waals surface area (Å²) >= 11 is 0. The monoisotopic (exact) mass is 401 g/mol. The predicted octanol–water partition coefficient (Wildman–Crippen LogP) is 3.53. The standard InChI is InChI=1S/C19H14F3N5O2/c1-29-16(28)12-6-4-11(5-7-12)15-9-14(13-3-2-8-23-10-13)24-18-25-17(19(20,21)22)26-27(15)18/h2-10,15H,1H3,(H,24,25,26)/t15-/m1/s1. The van der Waals surface area contributed by atoms with Crippen LogP contribution in [0.5, 0.6) is 0 Å². The Bertz CT molecular complexity index is 1080. The number of allylic oxidation sites excluding steroid dienone is 1. The molecule has 0 radical (unpaired) electrons. The Morgan fingerprint density at radius 2 is 1.97 bits per heavy atom. The Balaban J connectivity index is 1.80. The molecule has 0 saturated carbocycles. The number of alkyl halides is 3. The number of carbonyl (C=O) groups excluding carboxylic acids is 1. The molecule has 10 heteroatoms. The molecule has 1 N–H and O–H groups in total. The number of halogens is 3. The van der Waals surface area contributed by atoms with Crippen LogP contribution < -0.4 is 5.32 Å². The van der Waals surface area contributed by atoms with E-state index in [1.165, 1.54) is 7.11 Å². The van der Waals surface area contributed by atoms with Crippen LogP contribution >= 0.6 is 0 Å². The molecule has 0 aliphatic carbocycles. The number of aromatic nitrogens is 4. The molecule has 7 nitrogen and oxygen atoms in total. The van der Waals surface area contributed by atoms with Crippen LogP contribution in [0.3, 0.4) is 0 Å². The number of benzene rings is 1. The Labute approximate surface area is 162 Å². The van der Waals surface area contributed by atoms with Gasteiger partial charge in [-0.15, -0.1) is 5.10 Å². The second kappa shape index (κ2) is 7.04. The molecule has 0 saturated heterocycles. The third-order valence-electron chi connectivity index (χ3n) is 4.37. The quantitative estimate of drug-likeness (QED) is 0.676. The number of fused-ring (bicyclic) bond motifs is 1. The second-order valence-electron chi connectivity index (χ2n) is 6.21. The summed E-state index contributed by atoms with van der Waals surface area (Å²) in [6.07, 6.45) is 0.235. The van der Waals surface area contributed by atoms with E-state index in [2.05, 4.69) is 25.1 Å². The number of nitrogens with zero attached hydrogens (tertiary/aromatic N) is 4. The zero-order valence-electron chi connectivity index (χ0n) is 15.0. The molecule has 0 spiro atoms. The fourth-order valence-electron chi connectivity index (χ4n) is 2.98. The van der Waals surface area contributed by atoms with Crippen LogP contribution in [0, 0.1) is 0 Å². The smallest absolute Gasteiger partial charge is 0.453 e. The van der Waals surface area contributed by atoms with Gasteiger partial charge in [-0.2, -0.15) is 18.2 Å². The topological polar surface area (TPSA) is 81.9 Å². The summed E-state index contributed by atoms with van der Waals surface area (Å²) in [6.45, 7) is 0. The van der Waals surface area contributed by atoms with Gasteiger partial charge in [0.05, 0.1) is 12.7 Å². The Hall–Kier alpha value is -3.69. The summed E-state index contributed by atoms with van der Waals surface area (Å²) in [7, 11) is 1.27. The highest BCUT2D eigenvalue weighted by Gasteiger charge is 2.39. The van der Waals surface area contributed by atoms with Gasteiger partial charge in [0.1, 0.15) is 6.04 Å². The van der Waals surface area contributed by atoms with Crippen molar-refractivity contribution < 1.29 is 22.7 Å². The molecule has 1 atom stereocenters. The van der Waals surface area contributed by atoms with Crippen molar-refractivity contribution in [3.63, 3.8) is 0 Å². The number of rotatable bonds is 3. The third kappa shape index (κ3) is 3.56. The van der Waals surface area contributed by atoms with E-state index in [0.29, 0.717) is 22.4 Å². The van der Waals surface area contributed by atoms with Gasteiger partial charge in [-0.05, 0) is 35.9 Å². The largest absolute Gasteiger partial charge is 0.465 e. The van der Waals surface area contributed by atoms with Crippen molar-refractivity contribution in [1.82, 2.24) is 19.7 Å². The summed E-state index contributed by atoms with van der Waals surface area (Å²) in [6, 6.07) is 9.19. The van der Waals surface area contributed by atoms with E-state index in [1.54, 1.807) is 54.9 Å². The average molecular weight is 401 g/mol. The van der Waals surface area contributed by atoms with Gasteiger partial charge in [-0.1, -0.05) is 12.1 Å². The van der Waals surface area contributed by atoms with Crippen molar-refractivity contribution in [3.05, 3.63) is 77.4 Å². The Kier molecular flexibility index (Phi) is 4.53. The third-order valence-corrected chi connectivity index (χ3v) is 4.37. The van der Waals surface area contributed by atoms with E-state index in [9.17, 15) is 18.0 Å². The summed E-state index contributed by atoms with van der Waals surface area (Å²) in [5, 5.41) is 6.53.